The van der Waals surface area contributed by atoms with Crippen molar-refractivity contribution in [3.05, 3.63) is 36.0 Å². The van der Waals surface area contributed by atoms with Gasteiger partial charge in [-0.3, -0.25) is 14.5 Å². The van der Waals surface area contributed by atoms with Crippen LogP contribution >= 0.6 is 0 Å². The first-order valence-corrected chi connectivity index (χ1v) is 10.4. The number of imide groups is 1. The summed E-state index contributed by atoms with van der Waals surface area (Å²) in [5, 5.41) is 12.0. The maximum Gasteiger partial charge on any atom is 0.410 e. The van der Waals surface area contributed by atoms with Crippen LogP contribution in [0.15, 0.2) is 36.0 Å². The van der Waals surface area contributed by atoms with Gasteiger partial charge in [0.25, 0.3) is 11.8 Å². The lowest BCUT2D eigenvalue weighted by Crippen LogP contribution is -2.46. The largest absolute Gasteiger partial charge is 0.486 e. The van der Waals surface area contributed by atoms with Crippen LogP contribution in [-0.2, 0) is 14.3 Å². The monoisotopic (exact) mass is 431 g/mol. The quantitative estimate of drug-likeness (QED) is 0.664. The van der Waals surface area contributed by atoms with E-state index in [0.29, 0.717) is 24.5 Å². The Morgan fingerprint density at radius 2 is 2.00 bits per heavy atom. The lowest BCUT2D eigenvalue weighted by molar-refractivity contribution is -0.137. The molecule has 31 heavy (non-hydrogen) atoms. The summed E-state index contributed by atoms with van der Waals surface area (Å²) in [6, 6.07) is 7.11. The first kappa shape index (κ1) is 22.6. The van der Waals surface area contributed by atoms with Gasteiger partial charge in [0.2, 0.25) is 0 Å². The average molecular weight is 431 g/mol. The van der Waals surface area contributed by atoms with Gasteiger partial charge in [0.1, 0.15) is 23.2 Å². The number of aliphatic hydroxyl groups is 1. The van der Waals surface area contributed by atoms with Crippen LogP contribution in [0.25, 0.3) is 0 Å². The van der Waals surface area contributed by atoms with Gasteiger partial charge in [-0.05, 0) is 45.7 Å². The molecule has 9 heteroatoms. The predicted molar refractivity (Wildman–Crippen MR) is 113 cm³/mol. The second kappa shape index (κ2) is 9.38. The fourth-order valence-electron chi connectivity index (χ4n) is 3.43. The Kier molecular flexibility index (Phi) is 6.84. The Morgan fingerprint density at radius 1 is 1.26 bits per heavy atom. The number of likely N-dealkylation sites (tertiary alicyclic amines) is 1. The molecule has 3 amide bonds. The van der Waals surface area contributed by atoms with E-state index in [1.54, 1.807) is 23.1 Å². The number of amides is 3. The van der Waals surface area contributed by atoms with Crippen molar-refractivity contribution in [3.63, 3.8) is 0 Å². The number of β-amino-alcohol motifs (C(OH)–C–C–N with tert-alkyl or cyclic N) is 1. The second-order valence-electron chi connectivity index (χ2n) is 8.51. The van der Waals surface area contributed by atoms with Crippen LogP contribution in [0.2, 0.25) is 0 Å². The molecule has 9 nitrogen and oxygen atoms in total. The number of anilines is 1. The number of nitrogens with zero attached hydrogens (tertiary/aromatic N) is 2. The maximum absolute atomic E-state index is 12.4. The van der Waals surface area contributed by atoms with Crippen molar-refractivity contribution in [1.82, 2.24) is 9.80 Å². The zero-order valence-electron chi connectivity index (χ0n) is 18.1. The van der Waals surface area contributed by atoms with Crippen LogP contribution in [0, 0.1) is 0 Å². The summed E-state index contributed by atoms with van der Waals surface area (Å²) in [4.78, 5) is 39.4. The molecule has 1 unspecified atom stereocenters. The molecule has 1 atom stereocenters. The Balaban J connectivity index is 1.67. The number of carbonyl (C=O) groups excluding carboxylic acids is 3. The van der Waals surface area contributed by atoms with E-state index < -0.39 is 17.4 Å². The number of benzene rings is 1. The van der Waals surface area contributed by atoms with E-state index in [0.717, 1.165) is 17.7 Å². The topological polar surface area (TPSA) is 108 Å². The van der Waals surface area contributed by atoms with Gasteiger partial charge in [0.05, 0.1) is 25.4 Å². The molecule has 0 aromatic heterocycles. The summed E-state index contributed by atoms with van der Waals surface area (Å²) in [6.45, 7) is 6.14. The fourth-order valence-corrected chi connectivity index (χ4v) is 3.43. The summed E-state index contributed by atoms with van der Waals surface area (Å²) in [6.07, 6.45) is 2.17. The highest BCUT2D eigenvalue weighted by Crippen LogP contribution is 2.29. The van der Waals surface area contributed by atoms with Gasteiger partial charge in [-0.1, -0.05) is 12.1 Å². The van der Waals surface area contributed by atoms with Gasteiger partial charge in [0, 0.05) is 12.6 Å². The standard InChI is InChI=1S/C22H29N3O6/c1-22(2,3)31-21(29)24-10-6-7-15(14-24)30-18-9-5-4-8-16(18)23-17-13-19(27)25(11-12-26)20(17)28/h4-5,8-9,13,15,23,26H,6-7,10-12,14H2,1-3H3. The highest BCUT2D eigenvalue weighted by atomic mass is 16.6. The molecule has 0 saturated carbocycles. The minimum Gasteiger partial charge on any atom is -0.486 e. The molecule has 168 valence electrons. The van der Waals surface area contributed by atoms with Gasteiger partial charge in [0.15, 0.2) is 0 Å². The highest BCUT2D eigenvalue weighted by molar-refractivity contribution is 6.17. The summed E-state index contributed by atoms with van der Waals surface area (Å²) < 4.78 is 11.6. The van der Waals surface area contributed by atoms with Gasteiger partial charge in [-0.25, -0.2) is 4.79 Å². The molecule has 3 rings (SSSR count). The molecule has 1 fully saturated rings. The Bertz CT molecular complexity index is 876. The Labute approximate surface area is 181 Å². The van der Waals surface area contributed by atoms with E-state index in [-0.39, 0.29) is 31.0 Å². The minimum absolute atomic E-state index is 0.0555. The number of hydrogen-bond acceptors (Lipinski definition) is 7. The van der Waals surface area contributed by atoms with Crippen molar-refractivity contribution in [2.24, 2.45) is 0 Å². The highest BCUT2D eigenvalue weighted by Gasteiger charge is 2.32. The third-order valence-electron chi connectivity index (χ3n) is 4.81. The molecule has 1 aromatic carbocycles. The van der Waals surface area contributed by atoms with Gasteiger partial charge in [-0.15, -0.1) is 0 Å². The van der Waals surface area contributed by atoms with Crippen molar-refractivity contribution in [3.8, 4) is 5.75 Å². The third kappa shape index (κ3) is 5.75. The lowest BCUT2D eigenvalue weighted by Gasteiger charge is -2.34. The first-order valence-electron chi connectivity index (χ1n) is 10.4. The van der Waals surface area contributed by atoms with Gasteiger partial charge < -0.3 is 24.8 Å². The number of rotatable bonds is 6. The average Bonchev–Trinajstić information content (AvgIpc) is 2.96. The zero-order chi connectivity index (χ0) is 22.6. The molecule has 1 saturated heterocycles. The van der Waals surface area contributed by atoms with Crippen LogP contribution < -0.4 is 10.1 Å². The smallest absolute Gasteiger partial charge is 0.410 e. The van der Waals surface area contributed by atoms with E-state index in [9.17, 15) is 14.4 Å². The predicted octanol–water partition coefficient (Wildman–Crippen LogP) is 2.12. The van der Waals surface area contributed by atoms with E-state index in [1.807, 2.05) is 26.8 Å². The van der Waals surface area contributed by atoms with Crippen molar-refractivity contribution in [1.29, 1.82) is 0 Å². The zero-order valence-corrected chi connectivity index (χ0v) is 18.1. The van der Waals surface area contributed by atoms with Crippen LogP contribution in [0.5, 0.6) is 5.75 Å². The number of piperidine rings is 1. The number of nitrogens with one attached hydrogen (secondary N) is 1. The van der Waals surface area contributed by atoms with Crippen molar-refractivity contribution >= 4 is 23.6 Å². The summed E-state index contributed by atoms with van der Waals surface area (Å²) in [7, 11) is 0. The SMILES string of the molecule is CC(C)(C)OC(=O)N1CCCC(Oc2ccccc2NC2=CC(=O)N(CCO)C2=O)C1. The summed E-state index contributed by atoms with van der Waals surface area (Å²) >= 11 is 0. The van der Waals surface area contributed by atoms with E-state index in [2.05, 4.69) is 5.32 Å². The normalized spacial score (nSPS) is 19.4. The molecule has 2 heterocycles. The third-order valence-corrected chi connectivity index (χ3v) is 4.81. The Morgan fingerprint density at radius 3 is 2.71 bits per heavy atom. The van der Waals surface area contributed by atoms with Crippen LogP contribution in [-0.4, -0.2) is 70.8 Å². The second-order valence-corrected chi connectivity index (χ2v) is 8.51. The van der Waals surface area contributed by atoms with Gasteiger partial charge in [-0.2, -0.15) is 0 Å². The summed E-state index contributed by atoms with van der Waals surface area (Å²) in [5.74, 6) is -0.455. The molecule has 2 aliphatic heterocycles. The number of para-hydroxylation sites is 2. The van der Waals surface area contributed by atoms with Gasteiger partial charge >= 0.3 is 6.09 Å². The van der Waals surface area contributed by atoms with Crippen molar-refractivity contribution in [2.45, 2.75) is 45.3 Å². The Hall–Kier alpha value is -3.07. The fraction of sp³-hybridized carbons (Fsp3) is 0.500. The molecular formula is C22H29N3O6. The molecule has 0 aliphatic carbocycles. The molecule has 1 aromatic rings. The molecule has 0 bridgehead atoms. The molecule has 2 aliphatic rings. The van der Waals surface area contributed by atoms with Crippen molar-refractivity contribution in [2.75, 3.05) is 31.6 Å². The molecular weight excluding hydrogens is 402 g/mol. The molecule has 0 spiro atoms. The van der Waals surface area contributed by atoms with Crippen LogP contribution in [0.3, 0.4) is 0 Å². The van der Waals surface area contributed by atoms with Crippen molar-refractivity contribution < 1.29 is 29.0 Å². The molecule has 2 N–H and O–H groups in total. The minimum atomic E-state index is -0.565. The number of ether oxygens (including phenoxy) is 2. The summed E-state index contributed by atoms with van der Waals surface area (Å²) in [5.41, 5.74) is 0.0910. The van der Waals surface area contributed by atoms with Crippen LogP contribution in [0.1, 0.15) is 33.6 Å². The number of hydrogen-bond donors (Lipinski definition) is 2. The maximum atomic E-state index is 12.4. The van der Waals surface area contributed by atoms with E-state index in [1.165, 1.54) is 6.08 Å². The first-order chi connectivity index (χ1) is 14.7. The molecule has 0 radical (unpaired) electrons. The van der Waals surface area contributed by atoms with E-state index >= 15 is 0 Å². The van der Waals surface area contributed by atoms with E-state index in [4.69, 9.17) is 14.6 Å². The lowest BCUT2D eigenvalue weighted by atomic mass is 10.1. The number of carbonyl (C=O) groups is 3. The number of aliphatic hydroxyl groups excluding tert-OH is 1. The van der Waals surface area contributed by atoms with Crippen LogP contribution in [0.4, 0.5) is 10.5 Å².